The number of carbonyl (C=O) groups is 2. The van der Waals surface area contributed by atoms with E-state index in [4.69, 9.17) is 4.74 Å². The largest absolute Gasteiger partial charge is 0.415 e. The van der Waals surface area contributed by atoms with Gasteiger partial charge in [-0.3, -0.25) is 4.79 Å². The first-order valence-corrected chi connectivity index (χ1v) is 10.4. The third-order valence-electron chi connectivity index (χ3n) is 5.55. The number of ether oxygens (including phenoxy) is 1. The Morgan fingerprint density at radius 1 is 1.11 bits per heavy atom. The minimum absolute atomic E-state index is 0.163. The Balaban J connectivity index is 1.22. The van der Waals surface area contributed by atoms with E-state index in [0.717, 1.165) is 25.7 Å². The summed E-state index contributed by atoms with van der Waals surface area (Å²) in [5.41, 5.74) is -0.269. The molecular weight excluding hydrogens is 360 g/mol. The van der Waals surface area contributed by atoms with Gasteiger partial charge in [0.2, 0.25) is 5.91 Å². The van der Waals surface area contributed by atoms with Gasteiger partial charge in [-0.25, -0.2) is 4.79 Å². The van der Waals surface area contributed by atoms with Crippen LogP contribution in [0.25, 0.3) is 0 Å². The molecule has 0 unspecified atom stereocenters. The van der Waals surface area contributed by atoms with E-state index < -0.39 is 0 Å². The van der Waals surface area contributed by atoms with Crippen molar-refractivity contribution in [3.05, 3.63) is 52.7 Å². The predicted octanol–water partition coefficient (Wildman–Crippen LogP) is 3.81. The summed E-state index contributed by atoms with van der Waals surface area (Å²) in [5.74, 6) is 1.14. The number of likely N-dealkylation sites (tertiary alicyclic amines) is 1. The van der Waals surface area contributed by atoms with Gasteiger partial charge in [-0.05, 0) is 55.2 Å². The Bertz CT molecular complexity index is 779. The van der Waals surface area contributed by atoms with Crippen LogP contribution in [-0.2, 0) is 10.2 Å². The van der Waals surface area contributed by atoms with Gasteiger partial charge >= 0.3 is 6.09 Å². The van der Waals surface area contributed by atoms with Crippen LogP contribution in [-0.4, -0.2) is 36.5 Å². The zero-order valence-electron chi connectivity index (χ0n) is 15.2. The van der Waals surface area contributed by atoms with Crippen molar-refractivity contribution in [2.24, 2.45) is 5.92 Å². The Hall–Kier alpha value is -2.34. The quantitative estimate of drug-likeness (QED) is 0.853. The number of thiophene rings is 1. The van der Waals surface area contributed by atoms with Crippen molar-refractivity contribution in [3.63, 3.8) is 0 Å². The molecule has 0 radical (unpaired) electrons. The summed E-state index contributed by atoms with van der Waals surface area (Å²) in [6, 6.07) is 13.2. The van der Waals surface area contributed by atoms with Crippen molar-refractivity contribution in [1.82, 2.24) is 10.2 Å². The van der Waals surface area contributed by atoms with E-state index in [-0.39, 0.29) is 17.4 Å². The normalized spacial score (nSPS) is 18.7. The summed E-state index contributed by atoms with van der Waals surface area (Å²) in [4.78, 5) is 27.8. The van der Waals surface area contributed by atoms with Gasteiger partial charge in [-0.1, -0.05) is 24.3 Å². The van der Waals surface area contributed by atoms with Gasteiger partial charge in [0, 0.05) is 24.5 Å². The van der Waals surface area contributed by atoms with Gasteiger partial charge in [0.15, 0.2) is 0 Å². The Morgan fingerprint density at radius 2 is 1.85 bits per heavy atom. The molecule has 2 aromatic rings. The monoisotopic (exact) mass is 384 g/mol. The summed E-state index contributed by atoms with van der Waals surface area (Å²) in [7, 11) is 0. The third-order valence-corrected chi connectivity index (χ3v) is 6.62. The summed E-state index contributed by atoms with van der Waals surface area (Å²) in [6.45, 7) is 2.03. The average molecular weight is 385 g/mol. The molecule has 1 aromatic heterocycles. The fourth-order valence-electron chi connectivity index (χ4n) is 3.64. The SMILES string of the molecule is O=C(Oc1ccccc1)N1CCC(CNC(=O)C2(c3cccs3)CC2)CC1. The van der Waals surface area contributed by atoms with Crippen LogP contribution >= 0.6 is 11.3 Å². The smallest absolute Gasteiger partial charge is 0.410 e. The van der Waals surface area contributed by atoms with E-state index in [1.807, 2.05) is 29.6 Å². The lowest BCUT2D eigenvalue weighted by molar-refractivity contribution is -0.123. The van der Waals surface area contributed by atoms with E-state index in [2.05, 4.69) is 11.4 Å². The van der Waals surface area contributed by atoms with E-state index in [9.17, 15) is 9.59 Å². The predicted molar refractivity (Wildman–Crippen MR) is 105 cm³/mol. The molecule has 0 atom stereocenters. The number of rotatable bonds is 5. The van der Waals surface area contributed by atoms with Gasteiger partial charge in [-0.2, -0.15) is 0 Å². The van der Waals surface area contributed by atoms with E-state index >= 15 is 0 Å². The zero-order valence-corrected chi connectivity index (χ0v) is 16.0. The van der Waals surface area contributed by atoms with Crippen LogP contribution in [0, 0.1) is 5.92 Å². The number of hydrogen-bond acceptors (Lipinski definition) is 4. The van der Waals surface area contributed by atoms with Gasteiger partial charge in [0.25, 0.3) is 0 Å². The second kappa shape index (κ2) is 7.72. The first-order valence-electron chi connectivity index (χ1n) is 9.51. The van der Waals surface area contributed by atoms with Crippen molar-refractivity contribution < 1.29 is 14.3 Å². The van der Waals surface area contributed by atoms with Crippen molar-refractivity contribution >= 4 is 23.3 Å². The van der Waals surface area contributed by atoms with E-state index in [0.29, 0.717) is 31.3 Å². The highest BCUT2D eigenvalue weighted by molar-refractivity contribution is 7.10. The number of carbonyl (C=O) groups excluding carboxylic acids is 2. The molecule has 2 aliphatic rings. The summed E-state index contributed by atoms with van der Waals surface area (Å²) in [5, 5.41) is 5.20. The topological polar surface area (TPSA) is 58.6 Å². The molecule has 0 bridgehead atoms. The minimum Gasteiger partial charge on any atom is -0.410 e. The lowest BCUT2D eigenvalue weighted by Crippen LogP contribution is -2.44. The number of para-hydroxylation sites is 1. The highest BCUT2D eigenvalue weighted by Gasteiger charge is 2.52. The molecule has 1 saturated carbocycles. The second-order valence-corrected chi connectivity index (χ2v) is 8.33. The fourth-order valence-corrected chi connectivity index (χ4v) is 4.62. The van der Waals surface area contributed by atoms with E-state index in [1.165, 1.54) is 4.88 Å². The van der Waals surface area contributed by atoms with Crippen LogP contribution in [0.4, 0.5) is 4.79 Å². The molecule has 142 valence electrons. The molecule has 1 aliphatic heterocycles. The number of hydrogen-bond donors (Lipinski definition) is 1. The molecule has 27 heavy (non-hydrogen) atoms. The molecule has 1 saturated heterocycles. The van der Waals surface area contributed by atoms with Crippen LogP contribution < -0.4 is 10.1 Å². The van der Waals surface area contributed by atoms with Crippen LogP contribution in [0.3, 0.4) is 0 Å². The highest BCUT2D eigenvalue weighted by Crippen LogP contribution is 2.50. The Kier molecular flexibility index (Phi) is 5.16. The minimum atomic E-state index is -0.293. The van der Waals surface area contributed by atoms with Gasteiger partial charge in [0.1, 0.15) is 5.75 Å². The molecular formula is C21H24N2O3S. The lowest BCUT2D eigenvalue weighted by atomic mass is 9.96. The van der Waals surface area contributed by atoms with E-state index in [1.54, 1.807) is 28.4 Å². The maximum Gasteiger partial charge on any atom is 0.415 e. The molecule has 2 amide bonds. The van der Waals surface area contributed by atoms with Crippen LogP contribution in [0.15, 0.2) is 47.8 Å². The molecule has 5 nitrogen and oxygen atoms in total. The molecule has 0 spiro atoms. The molecule has 2 fully saturated rings. The highest BCUT2D eigenvalue weighted by atomic mass is 32.1. The first-order chi connectivity index (χ1) is 13.2. The first kappa shape index (κ1) is 18.0. The summed E-state index contributed by atoms with van der Waals surface area (Å²) >= 11 is 1.67. The van der Waals surface area contributed by atoms with Crippen LogP contribution in [0.2, 0.25) is 0 Å². The van der Waals surface area contributed by atoms with Crippen LogP contribution in [0.5, 0.6) is 5.75 Å². The number of nitrogens with zero attached hydrogens (tertiary/aromatic N) is 1. The third kappa shape index (κ3) is 4.00. The molecule has 1 aromatic carbocycles. The number of benzene rings is 1. The maximum atomic E-state index is 12.7. The van der Waals surface area contributed by atoms with Crippen LogP contribution in [0.1, 0.15) is 30.6 Å². The number of nitrogens with one attached hydrogen (secondary N) is 1. The Labute approximate surface area is 163 Å². The summed E-state index contributed by atoms with van der Waals surface area (Å²) < 4.78 is 5.40. The maximum absolute atomic E-state index is 12.7. The summed E-state index contributed by atoms with van der Waals surface area (Å²) in [6.07, 6.45) is 3.37. The number of amides is 2. The fraction of sp³-hybridized carbons (Fsp3) is 0.429. The average Bonchev–Trinajstić information content (AvgIpc) is 3.33. The van der Waals surface area contributed by atoms with Crippen molar-refractivity contribution in [2.45, 2.75) is 31.1 Å². The van der Waals surface area contributed by atoms with Crippen molar-refractivity contribution in [1.29, 1.82) is 0 Å². The molecule has 4 rings (SSSR count). The standard InChI is InChI=1S/C21H24N2O3S/c24-19(21(10-11-21)18-7-4-14-27-18)22-15-16-8-12-23(13-9-16)20(25)26-17-5-2-1-3-6-17/h1-7,14,16H,8-13,15H2,(H,22,24). The molecule has 1 N–H and O–H groups in total. The number of piperidine rings is 1. The van der Waals surface area contributed by atoms with Crippen molar-refractivity contribution in [2.75, 3.05) is 19.6 Å². The van der Waals surface area contributed by atoms with Gasteiger partial charge < -0.3 is 15.0 Å². The van der Waals surface area contributed by atoms with Gasteiger partial charge in [-0.15, -0.1) is 11.3 Å². The van der Waals surface area contributed by atoms with Gasteiger partial charge in [0.05, 0.1) is 5.41 Å². The van der Waals surface area contributed by atoms with Crippen molar-refractivity contribution in [3.8, 4) is 5.75 Å². The zero-order chi connectivity index (χ0) is 18.7. The molecule has 6 heteroatoms. The second-order valence-electron chi connectivity index (χ2n) is 7.38. The molecule has 2 heterocycles. The molecule has 1 aliphatic carbocycles. The Morgan fingerprint density at radius 3 is 2.48 bits per heavy atom. The lowest BCUT2D eigenvalue weighted by Gasteiger charge is -2.31.